The Kier molecular flexibility index (Phi) is 6.09. The summed E-state index contributed by atoms with van der Waals surface area (Å²) in [6, 6.07) is 10.8. The summed E-state index contributed by atoms with van der Waals surface area (Å²) < 4.78 is 2.07. The molecule has 1 aliphatic heterocycles. The fourth-order valence-corrected chi connectivity index (χ4v) is 3.67. The molecule has 1 aromatic heterocycles. The third kappa shape index (κ3) is 4.84. The van der Waals surface area contributed by atoms with E-state index in [1.54, 1.807) is 6.20 Å². The summed E-state index contributed by atoms with van der Waals surface area (Å²) in [5.41, 5.74) is 1.40. The number of nitrogens with one attached hydrogen (secondary N) is 1. The first kappa shape index (κ1) is 17.5. The van der Waals surface area contributed by atoms with Crippen LogP contribution in [0.15, 0.2) is 49.1 Å². The Labute approximate surface area is 150 Å². The van der Waals surface area contributed by atoms with Crippen LogP contribution in [-0.4, -0.2) is 40.1 Å². The van der Waals surface area contributed by atoms with E-state index in [4.69, 9.17) is 0 Å². The highest BCUT2D eigenvalue weighted by Crippen LogP contribution is 2.32. The van der Waals surface area contributed by atoms with Gasteiger partial charge < -0.3 is 14.8 Å². The van der Waals surface area contributed by atoms with Gasteiger partial charge in [-0.05, 0) is 36.7 Å². The maximum atomic E-state index is 12.4. The number of benzene rings is 1. The van der Waals surface area contributed by atoms with Gasteiger partial charge in [-0.1, -0.05) is 37.3 Å². The number of imidazole rings is 1. The molecule has 2 atom stereocenters. The predicted molar refractivity (Wildman–Crippen MR) is 99.4 cm³/mol. The maximum Gasteiger partial charge on any atom is 0.317 e. The number of unbranched alkanes of at least 4 members (excludes halogenated alkanes) is 1. The number of carbonyl (C=O) groups is 1. The zero-order valence-electron chi connectivity index (χ0n) is 15.0. The average Bonchev–Trinajstić information content (AvgIpc) is 3.15. The summed E-state index contributed by atoms with van der Waals surface area (Å²) in [5, 5.41) is 3.07. The van der Waals surface area contributed by atoms with Crippen LogP contribution >= 0.6 is 0 Å². The Balaban J connectivity index is 1.37. The Bertz CT molecular complexity index is 641. The van der Waals surface area contributed by atoms with E-state index < -0.39 is 0 Å². The molecule has 25 heavy (non-hydrogen) atoms. The molecule has 5 heteroatoms. The summed E-state index contributed by atoms with van der Waals surface area (Å²) in [6.07, 6.45) is 8.66. The molecule has 2 heterocycles. The highest BCUT2D eigenvalue weighted by Gasteiger charge is 2.29. The van der Waals surface area contributed by atoms with Crippen LogP contribution in [0.3, 0.4) is 0 Å². The van der Waals surface area contributed by atoms with E-state index >= 15 is 0 Å². The number of piperidine rings is 1. The van der Waals surface area contributed by atoms with Crippen LogP contribution in [0.25, 0.3) is 0 Å². The molecule has 1 fully saturated rings. The number of amides is 2. The fourth-order valence-electron chi connectivity index (χ4n) is 3.67. The van der Waals surface area contributed by atoms with Crippen molar-refractivity contribution in [3.05, 3.63) is 54.6 Å². The number of aryl methyl sites for hydroxylation is 1. The van der Waals surface area contributed by atoms with E-state index in [0.29, 0.717) is 11.8 Å². The fraction of sp³-hybridized carbons (Fsp3) is 0.500. The molecule has 1 N–H and O–H groups in total. The largest absolute Gasteiger partial charge is 0.338 e. The monoisotopic (exact) mass is 340 g/mol. The van der Waals surface area contributed by atoms with Gasteiger partial charge in [-0.15, -0.1) is 0 Å². The van der Waals surface area contributed by atoms with Crippen molar-refractivity contribution in [2.45, 2.75) is 38.6 Å². The quantitative estimate of drug-likeness (QED) is 0.818. The van der Waals surface area contributed by atoms with Crippen LogP contribution in [0.2, 0.25) is 0 Å². The standard InChI is InChI=1S/C20H28N4O/c1-17-15-24(13-9-19(17)18-7-3-2-4-8-18)20(25)22-10-5-6-12-23-14-11-21-16-23/h2-4,7-8,11,14,16-17,19H,5-6,9-10,12-13,15H2,1H3,(H,22,25). The van der Waals surface area contributed by atoms with Gasteiger partial charge in [0.2, 0.25) is 0 Å². The van der Waals surface area contributed by atoms with Gasteiger partial charge in [0, 0.05) is 38.6 Å². The van der Waals surface area contributed by atoms with Gasteiger partial charge in [-0.25, -0.2) is 9.78 Å². The Morgan fingerprint density at radius 2 is 2.12 bits per heavy atom. The topological polar surface area (TPSA) is 50.2 Å². The number of likely N-dealkylation sites (tertiary alicyclic amines) is 1. The lowest BCUT2D eigenvalue weighted by atomic mass is 9.82. The van der Waals surface area contributed by atoms with Crippen molar-refractivity contribution in [3.8, 4) is 0 Å². The highest BCUT2D eigenvalue weighted by molar-refractivity contribution is 5.74. The van der Waals surface area contributed by atoms with E-state index in [2.05, 4.69) is 52.1 Å². The zero-order chi connectivity index (χ0) is 17.5. The minimum absolute atomic E-state index is 0.0843. The van der Waals surface area contributed by atoms with Crippen LogP contribution in [0.1, 0.15) is 37.7 Å². The molecular weight excluding hydrogens is 312 g/mol. The zero-order valence-corrected chi connectivity index (χ0v) is 15.0. The average molecular weight is 340 g/mol. The molecule has 134 valence electrons. The van der Waals surface area contributed by atoms with E-state index in [9.17, 15) is 4.79 Å². The normalized spacial score (nSPS) is 20.4. The van der Waals surface area contributed by atoms with Gasteiger partial charge in [-0.3, -0.25) is 0 Å². The third-order valence-corrected chi connectivity index (χ3v) is 5.10. The van der Waals surface area contributed by atoms with Crippen LogP contribution in [0.5, 0.6) is 0 Å². The lowest BCUT2D eigenvalue weighted by molar-refractivity contribution is 0.159. The number of hydrogen-bond donors (Lipinski definition) is 1. The first-order chi connectivity index (χ1) is 12.2. The lowest BCUT2D eigenvalue weighted by Crippen LogP contribution is -2.47. The number of hydrogen-bond acceptors (Lipinski definition) is 2. The van der Waals surface area contributed by atoms with E-state index in [0.717, 1.165) is 45.4 Å². The smallest absolute Gasteiger partial charge is 0.317 e. The minimum atomic E-state index is 0.0843. The van der Waals surface area contributed by atoms with Gasteiger partial charge in [0.1, 0.15) is 0 Å². The number of rotatable bonds is 6. The second kappa shape index (κ2) is 8.70. The molecule has 1 saturated heterocycles. The molecule has 0 spiro atoms. The molecule has 3 rings (SSSR count). The third-order valence-electron chi connectivity index (χ3n) is 5.10. The van der Waals surface area contributed by atoms with Crippen molar-refractivity contribution in [2.24, 2.45) is 5.92 Å². The van der Waals surface area contributed by atoms with Gasteiger partial charge >= 0.3 is 6.03 Å². The van der Waals surface area contributed by atoms with Crippen LogP contribution < -0.4 is 5.32 Å². The number of urea groups is 1. The number of nitrogens with zero attached hydrogens (tertiary/aromatic N) is 3. The molecular formula is C20H28N4O. The first-order valence-electron chi connectivity index (χ1n) is 9.27. The lowest BCUT2D eigenvalue weighted by Gasteiger charge is -2.37. The maximum absolute atomic E-state index is 12.4. The predicted octanol–water partition coefficient (Wildman–Crippen LogP) is 3.50. The highest BCUT2D eigenvalue weighted by atomic mass is 16.2. The summed E-state index contributed by atoms with van der Waals surface area (Å²) in [7, 11) is 0. The molecule has 0 saturated carbocycles. The summed E-state index contributed by atoms with van der Waals surface area (Å²) in [4.78, 5) is 18.4. The molecule has 1 aromatic carbocycles. The summed E-state index contributed by atoms with van der Waals surface area (Å²) in [5.74, 6) is 1.04. The van der Waals surface area contributed by atoms with Gasteiger partial charge in [0.15, 0.2) is 0 Å². The Morgan fingerprint density at radius 1 is 1.28 bits per heavy atom. The van der Waals surface area contributed by atoms with Gasteiger partial charge in [0.25, 0.3) is 0 Å². The summed E-state index contributed by atoms with van der Waals surface area (Å²) in [6.45, 7) is 5.61. The second-order valence-electron chi connectivity index (χ2n) is 6.97. The van der Waals surface area contributed by atoms with E-state index in [-0.39, 0.29) is 6.03 Å². The number of carbonyl (C=O) groups excluding carboxylic acids is 1. The van der Waals surface area contributed by atoms with Crippen LogP contribution in [0.4, 0.5) is 4.79 Å². The molecule has 0 radical (unpaired) electrons. The Hall–Kier alpha value is -2.30. The molecule has 2 unspecified atom stereocenters. The number of aromatic nitrogens is 2. The molecule has 2 aromatic rings. The van der Waals surface area contributed by atoms with E-state index in [1.807, 2.05) is 17.4 Å². The van der Waals surface area contributed by atoms with Crippen molar-refractivity contribution in [1.82, 2.24) is 19.8 Å². The summed E-state index contributed by atoms with van der Waals surface area (Å²) >= 11 is 0. The van der Waals surface area contributed by atoms with Gasteiger partial charge in [-0.2, -0.15) is 0 Å². The van der Waals surface area contributed by atoms with Crippen LogP contribution in [0, 0.1) is 5.92 Å². The molecule has 1 aliphatic rings. The molecule has 0 aliphatic carbocycles. The van der Waals surface area contributed by atoms with Crippen molar-refractivity contribution >= 4 is 6.03 Å². The second-order valence-corrected chi connectivity index (χ2v) is 6.97. The molecule has 2 amide bonds. The minimum Gasteiger partial charge on any atom is -0.338 e. The molecule has 5 nitrogen and oxygen atoms in total. The van der Waals surface area contributed by atoms with Crippen molar-refractivity contribution in [1.29, 1.82) is 0 Å². The van der Waals surface area contributed by atoms with E-state index in [1.165, 1.54) is 5.56 Å². The molecule has 0 bridgehead atoms. The Morgan fingerprint density at radius 3 is 2.84 bits per heavy atom. The van der Waals surface area contributed by atoms with Crippen molar-refractivity contribution in [3.63, 3.8) is 0 Å². The van der Waals surface area contributed by atoms with Crippen molar-refractivity contribution in [2.75, 3.05) is 19.6 Å². The SMILES string of the molecule is CC1CN(C(=O)NCCCCn2ccnc2)CCC1c1ccccc1. The van der Waals surface area contributed by atoms with Gasteiger partial charge in [0.05, 0.1) is 6.33 Å². The van der Waals surface area contributed by atoms with Crippen LogP contribution in [-0.2, 0) is 6.54 Å². The first-order valence-corrected chi connectivity index (χ1v) is 9.27. The van der Waals surface area contributed by atoms with Crippen molar-refractivity contribution < 1.29 is 4.79 Å².